The number of hydrogen-bond donors (Lipinski definition) is 1. The molecule has 9 heavy (non-hydrogen) atoms. The average molecular weight is 123 g/mol. The van der Waals surface area contributed by atoms with Crippen molar-refractivity contribution in [2.24, 2.45) is 17.8 Å². The number of nitrogens with one attached hydrogen (secondary N) is 1. The molecule has 2 saturated carbocycles. The van der Waals surface area contributed by atoms with Crippen molar-refractivity contribution in [2.45, 2.75) is 25.3 Å². The maximum atomic E-state index is 3.54. The summed E-state index contributed by atoms with van der Waals surface area (Å²) >= 11 is 0. The van der Waals surface area contributed by atoms with Gasteiger partial charge in [0.05, 0.1) is 0 Å². The predicted octanol–water partition coefficient (Wildman–Crippen LogP) is 1.00. The Morgan fingerprint density at radius 2 is 2.00 bits per heavy atom. The lowest BCUT2D eigenvalue weighted by Crippen LogP contribution is -2.55. The second-order valence-corrected chi connectivity index (χ2v) is 3.93. The molecule has 3 fully saturated rings. The molecule has 0 radical (unpaired) electrons. The van der Waals surface area contributed by atoms with Crippen molar-refractivity contribution in [3.63, 3.8) is 0 Å². The third-order valence-corrected chi connectivity index (χ3v) is 3.68. The molecular weight excluding hydrogens is 110 g/mol. The zero-order chi connectivity index (χ0) is 5.84. The number of hydrogen-bond acceptors (Lipinski definition) is 1. The lowest BCUT2D eigenvalue weighted by Gasteiger charge is -2.41. The van der Waals surface area contributed by atoms with Gasteiger partial charge in [-0.2, -0.15) is 0 Å². The molecule has 1 heteroatoms. The van der Waals surface area contributed by atoms with Crippen LogP contribution in [0.1, 0.15) is 19.3 Å². The lowest BCUT2D eigenvalue weighted by atomic mass is 9.79. The largest absolute Gasteiger partial charge is 0.313 e. The van der Waals surface area contributed by atoms with Crippen LogP contribution in [0.25, 0.3) is 0 Å². The molecule has 0 aromatic heterocycles. The molecule has 0 aromatic rings. The molecule has 2 aliphatic carbocycles. The van der Waals surface area contributed by atoms with Gasteiger partial charge in [-0.25, -0.2) is 0 Å². The molecule has 1 saturated heterocycles. The van der Waals surface area contributed by atoms with Crippen LogP contribution in [0.15, 0.2) is 0 Å². The monoisotopic (exact) mass is 123 g/mol. The Hall–Kier alpha value is -0.0400. The molecule has 50 valence electrons. The maximum Gasteiger partial charge on any atom is 0.0139 e. The molecule has 0 spiro atoms. The third-order valence-electron chi connectivity index (χ3n) is 3.68. The summed E-state index contributed by atoms with van der Waals surface area (Å²) < 4.78 is 0. The molecule has 3 aliphatic rings. The van der Waals surface area contributed by atoms with Crippen LogP contribution in [0.4, 0.5) is 0 Å². The van der Waals surface area contributed by atoms with E-state index in [1.807, 2.05) is 0 Å². The first kappa shape index (κ1) is 4.73. The Morgan fingerprint density at radius 3 is 2.44 bits per heavy atom. The van der Waals surface area contributed by atoms with Gasteiger partial charge in [0.1, 0.15) is 0 Å². The van der Waals surface area contributed by atoms with E-state index in [1.165, 1.54) is 13.0 Å². The van der Waals surface area contributed by atoms with Gasteiger partial charge in [0, 0.05) is 6.04 Å². The Labute approximate surface area is 55.8 Å². The molecule has 0 aromatic carbocycles. The topological polar surface area (TPSA) is 12.0 Å². The van der Waals surface area contributed by atoms with Crippen molar-refractivity contribution in [1.29, 1.82) is 0 Å². The van der Waals surface area contributed by atoms with Gasteiger partial charge in [0.15, 0.2) is 0 Å². The average Bonchev–Trinajstić information content (AvgIpc) is 2.18. The molecule has 3 rings (SSSR count). The van der Waals surface area contributed by atoms with Gasteiger partial charge in [-0.3, -0.25) is 0 Å². The van der Waals surface area contributed by atoms with Gasteiger partial charge in [0.25, 0.3) is 0 Å². The third kappa shape index (κ3) is 0.420. The Kier molecular flexibility index (Phi) is 0.704. The van der Waals surface area contributed by atoms with E-state index in [-0.39, 0.29) is 0 Å². The van der Waals surface area contributed by atoms with Crippen molar-refractivity contribution in [2.75, 3.05) is 6.54 Å². The molecule has 1 nitrogen and oxygen atoms in total. The molecule has 0 amide bonds. The van der Waals surface area contributed by atoms with E-state index in [9.17, 15) is 0 Å². The standard InChI is InChI=1S/C8H13N/c1-2-6-3-5(1)7-4-9-8(6)7/h5-9H,1-4H2/t5-,6-,7+,8-/m0/s1. The fraction of sp³-hybridized carbons (Fsp3) is 1.00. The minimum absolute atomic E-state index is 0.976. The van der Waals surface area contributed by atoms with Crippen LogP contribution in [0.2, 0.25) is 0 Å². The highest BCUT2D eigenvalue weighted by Crippen LogP contribution is 2.51. The van der Waals surface area contributed by atoms with Crippen LogP contribution in [0, 0.1) is 17.8 Å². The van der Waals surface area contributed by atoms with Crippen LogP contribution in [-0.2, 0) is 0 Å². The van der Waals surface area contributed by atoms with Crippen molar-refractivity contribution >= 4 is 0 Å². The highest BCUT2D eigenvalue weighted by atomic mass is 15.0. The maximum absolute atomic E-state index is 3.54. The van der Waals surface area contributed by atoms with E-state index in [0.717, 1.165) is 23.8 Å². The first-order chi connectivity index (χ1) is 4.45. The molecule has 4 atom stereocenters. The van der Waals surface area contributed by atoms with Crippen molar-refractivity contribution < 1.29 is 0 Å². The quantitative estimate of drug-likeness (QED) is 0.507. The second kappa shape index (κ2) is 1.34. The smallest absolute Gasteiger partial charge is 0.0139 e. The van der Waals surface area contributed by atoms with E-state index in [2.05, 4.69) is 5.32 Å². The molecule has 2 bridgehead atoms. The normalized spacial score (nSPS) is 61.3. The van der Waals surface area contributed by atoms with Gasteiger partial charge in [-0.15, -0.1) is 0 Å². The van der Waals surface area contributed by atoms with Crippen molar-refractivity contribution in [3.8, 4) is 0 Å². The summed E-state index contributed by atoms with van der Waals surface area (Å²) in [6, 6.07) is 0.976. The Morgan fingerprint density at radius 1 is 1.11 bits per heavy atom. The first-order valence-electron chi connectivity index (χ1n) is 4.18. The van der Waals surface area contributed by atoms with Crippen LogP contribution in [0.5, 0.6) is 0 Å². The summed E-state index contributed by atoms with van der Waals surface area (Å²) in [7, 11) is 0. The molecular formula is C8H13N. The van der Waals surface area contributed by atoms with Gasteiger partial charge in [0.2, 0.25) is 0 Å². The second-order valence-electron chi connectivity index (χ2n) is 3.93. The highest BCUT2D eigenvalue weighted by Gasteiger charge is 2.51. The van der Waals surface area contributed by atoms with E-state index in [1.54, 1.807) is 12.8 Å². The number of fused-ring (bicyclic) bond motifs is 5. The van der Waals surface area contributed by atoms with Gasteiger partial charge in [-0.05, 0) is 43.6 Å². The van der Waals surface area contributed by atoms with Crippen LogP contribution < -0.4 is 5.32 Å². The summed E-state index contributed by atoms with van der Waals surface area (Å²) in [5.74, 6) is 3.35. The first-order valence-corrected chi connectivity index (χ1v) is 4.18. The highest BCUT2D eigenvalue weighted by molar-refractivity contribution is 5.06. The Balaban J connectivity index is 1.94. The van der Waals surface area contributed by atoms with E-state index in [4.69, 9.17) is 0 Å². The molecule has 1 aliphatic heterocycles. The van der Waals surface area contributed by atoms with Crippen molar-refractivity contribution in [3.05, 3.63) is 0 Å². The predicted molar refractivity (Wildman–Crippen MR) is 36.1 cm³/mol. The summed E-state index contributed by atoms with van der Waals surface area (Å²) in [5.41, 5.74) is 0. The summed E-state index contributed by atoms with van der Waals surface area (Å²) in [5, 5.41) is 3.54. The van der Waals surface area contributed by atoms with Crippen LogP contribution >= 0.6 is 0 Å². The lowest BCUT2D eigenvalue weighted by molar-refractivity contribution is 0.153. The molecule has 1 heterocycles. The minimum Gasteiger partial charge on any atom is -0.313 e. The van der Waals surface area contributed by atoms with Crippen LogP contribution in [-0.4, -0.2) is 12.6 Å². The minimum atomic E-state index is 0.976. The van der Waals surface area contributed by atoms with Gasteiger partial charge in [-0.1, -0.05) is 0 Å². The van der Waals surface area contributed by atoms with Crippen molar-refractivity contribution in [1.82, 2.24) is 5.32 Å². The number of rotatable bonds is 0. The summed E-state index contributed by atoms with van der Waals surface area (Å²) in [6.45, 7) is 1.34. The van der Waals surface area contributed by atoms with E-state index < -0.39 is 0 Å². The fourth-order valence-electron chi connectivity index (χ4n) is 3.13. The zero-order valence-corrected chi connectivity index (χ0v) is 5.64. The van der Waals surface area contributed by atoms with Crippen LogP contribution in [0.3, 0.4) is 0 Å². The summed E-state index contributed by atoms with van der Waals surface area (Å²) in [6.07, 6.45) is 4.63. The Bertz CT molecular complexity index is 124. The van der Waals surface area contributed by atoms with E-state index >= 15 is 0 Å². The molecule has 0 unspecified atom stereocenters. The zero-order valence-electron chi connectivity index (χ0n) is 5.64. The van der Waals surface area contributed by atoms with E-state index in [0.29, 0.717) is 0 Å². The molecule has 1 N–H and O–H groups in total. The SMILES string of the molecule is C1C[C@H]2C[C@H]1[C@H]1CN[C@@H]21. The fourth-order valence-corrected chi connectivity index (χ4v) is 3.13. The van der Waals surface area contributed by atoms with Gasteiger partial charge < -0.3 is 5.32 Å². The summed E-state index contributed by atoms with van der Waals surface area (Å²) in [4.78, 5) is 0. The van der Waals surface area contributed by atoms with Gasteiger partial charge >= 0.3 is 0 Å².